The maximum Gasteiger partial charge on any atom is 0.0152 e. The van der Waals surface area contributed by atoms with Gasteiger partial charge in [0.25, 0.3) is 0 Å². The van der Waals surface area contributed by atoms with Crippen molar-refractivity contribution in [2.24, 2.45) is 5.92 Å². The Morgan fingerprint density at radius 2 is 1.27 bits per heavy atom. The summed E-state index contributed by atoms with van der Waals surface area (Å²) < 4.78 is 0.324. The third kappa shape index (κ3) is 4.01. The van der Waals surface area contributed by atoms with Crippen molar-refractivity contribution in [2.45, 2.75) is 82.8 Å². The summed E-state index contributed by atoms with van der Waals surface area (Å²) in [5.41, 5.74) is 0. The molecule has 1 fully saturated rings. The molecule has 0 unspecified atom stereocenters. The second kappa shape index (κ2) is 6.83. The predicted octanol–water partition coefficient (Wildman–Crippen LogP) is 5.23. The topological polar surface area (TPSA) is 0 Å². The first-order valence-corrected chi connectivity index (χ1v) is 7.40. The zero-order valence-corrected chi connectivity index (χ0v) is 11.5. The molecule has 1 heteroatoms. The smallest absolute Gasteiger partial charge is 0.0152 e. The van der Waals surface area contributed by atoms with E-state index in [9.17, 15) is 0 Å². The van der Waals surface area contributed by atoms with Gasteiger partial charge in [-0.1, -0.05) is 52.4 Å². The summed E-state index contributed by atoms with van der Waals surface area (Å²) in [6.07, 6.45) is 14.0. The van der Waals surface area contributed by atoms with Gasteiger partial charge >= 0.3 is 0 Å². The number of hydrogen-bond donors (Lipinski definition) is 1. The Kier molecular flexibility index (Phi) is 6.11. The average Bonchev–Trinajstić information content (AvgIpc) is 2.41. The molecule has 1 saturated carbocycles. The van der Waals surface area contributed by atoms with Crippen molar-refractivity contribution in [1.82, 2.24) is 0 Å². The zero-order chi connectivity index (χ0) is 11.1. The average molecular weight is 228 g/mol. The fraction of sp³-hybridized carbons (Fsp3) is 1.00. The molecule has 0 saturated heterocycles. The van der Waals surface area contributed by atoms with Crippen LogP contribution in [0.25, 0.3) is 0 Å². The van der Waals surface area contributed by atoms with E-state index in [-0.39, 0.29) is 0 Å². The van der Waals surface area contributed by atoms with Crippen molar-refractivity contribution < 1.29 is 0 Å². The summed E-state index contributed by atoms with van der Waals surface area (Å²) in [7, 11) is 0. The van der Waals surface area contributed by atoms with Crippen molar-refractivity contribution in [3.05, 3.63) is 0 Å². The predicted molar refractivity (Wildman–Crippen MR) is 72.7 cm³/mol. The maximum absolute atomic E-state index is 4.98. The largest absolute Gasteiger partial charge is 0.172 e. The van der Waals surface area contributed by atoms with Crippen molar-refractivity contribution in [1.29, 1.82) is 0 Å². The molecular weight excluding hydrogens is 200 g/mol. The lowest BCUT2D eigenvalue weighted by Gasteiger charge is -2.35. The molecule has 0 atom stereocenters. The summed E-state index contributed by atoms with van der Waals surface area (Å²) in [6.45, 7) is 4.62. The van der Waals surface area contributed by atoms with Crippen LogP contribution < -0.4 is 0 Å². The molecule has 1 aliphatic rings. The fourth-order valence-corrected chi connectivity index (χ4v) is 3.26. The first-order valence-electron chi connectivity index (χ1n) is 6.95. The van der Waals surface area contributed by atoms with Gasteiger partial charge in [-0.15, -0.1) is 0 Å². The molecule has 0 N–H and O–H groups in total. The van der Waals surface area contributed by atoms with E-state index in [1.54, 1.807) is 0 Å². The van der Waals surface area contributed by atoms with Gasteiger partial charge in [0, 0.05) is 4.75 Å². The summed E-state index contributed by atoms with van der Waals surface area (Å²) in [5.74, 6) is 0.869. The lowest BCUT2D eigenvalue weighted by molar-refractivity contribution is 0.306. The Morgan fingerprint density at radius 1 is 0.867 bits per heavy atom. The van der Waals surface area contributed by atoms with Gasteiger partial charge in [0.2, 0.25) is 0 Å². The van der Waals surface area contributed by atoms with E-state index in [2.05, 4.69) is 13.8 Å². The molecule has 1 rings (SSSR count). The van der Waals surface area contributed by atoms with Crippen LogP contribution in [0, 0.1) is 5.92 Å². The number of hydrogen-bond acceptors (Lipinski definition) is 1. The van der Waals surface area contributed by atoms with E-state index >= 15 is 0 Å². The SMILES string of the molecule is CCC(S)(CC)C1CCCCCCCC1. The molecule has 0 spiro atoms. The highest BCUT2D eigenvalue weighted by atomic mass is 32.1. The van der Waals surface area contributed by atoms with Crippen LogP contribution >= 0.6 is 12.6 Å². The van der Waals surface area contributed by atoms with E-state index in [1.807, 2.05) is 0 Å². The summed E-state index contributed by atoms with van der Waals surface area (Å²) in [4.78, 5) is 0. The molecular formula is C14H28S. The second-order valence-corrected chi connectivity index (χ2v) is 6.10. The molecule has 0 nitrogen and oxygen atoms in total. The molecule has 0 aromatic heterocycles. The molecule has 0 aliphatic heterocycles. The third-order valence-corrected chi connectivity index (χ3v) is 5.34. The fourth-order valence-electron chi connectivity index (χ4n) is 3.00. The van der Waals surface area contributed by atoms with Gasteiger partial charge in [-0.25, -0.2) is 0 Å². The molecule has 1 aliphatic carbocycles. The normalized spacial score (nSPS) is 21.8. The van der Waals surface area contributed by atoms with Crippen molar-refractivity contribution in [3.8, 4) is 0 Å². The standard InChI is InChI=1S/C14H28S/c1-3-14(15,4-2)13-11-9-7-5-6-8-10-12-13/h13,15H,3-12H2,1-2H3. The van der Waals surface area contributed by atoms with Gasteiger partial charge in [-0.2, -0.15) is 12.6 Å². The van der Waals surface area contributed by atoms with Crippen molar-refractivity contribution in [2.75, 3.05) is 0 Å². The highest BCUT2D eigenvalue weighted by Gasteiger charge is 2.31. The highest BCUT2D eigenvalue weighted by molar-refractivity contribution is 7.81. The van der Waals surface area contributed by atoms with Crippen LogP contribution in [0.3, 0.4) is 0 Å². The van der Waals surface area contributed by atoms with Crippen LogP contribution in [0.4, 0.5) is 0 Å². The Bertz CT molecular complexity index is 151. The zero-order valence-electron chi connectivity index (χ0n) is 10.6. The van der Waals surface area contributed by atoms with E-state index < -0.39 is 0 Å². The quantitative estimate of drug-likeness (QED) is 0.629. The van der Waals surface area contributed by atoms with Crippen LogP contribution in [0.2, 0.25) is 0 Å². The number of thiol groups is 1. The summed E-state index contributed by atoms with van der Waals surface area (Å²) >= 11 is 4.98. The maximum atomic E-state index is 4.98. The van der Waals surface area contributed by atoms with Gasteiger partial charge in [0.15, 0.2) is 0 Å². The molecule has 0 aromatic rings. The minimum atomic E-state index is 0.324. The van der Waals surface area contributed by atoms with E-state index in [4.69, 9.17) is 12.6 Å². The molecule has 0 amide bonds. The van der Waals surface area contributed by atoms with Crippen LogP contribution in [-0.2, 0) is 0 Å². The molecule has 15 heavy (non-hydrogen) atoms. The van der Waals surface area contributed by atoms with Gasteiger partial charge < -0.3 is 0 Å². The van der Waals surface area contributed by atoms with Crippen LogP contribution in [-0.4, -0.2) is 4.75 Å². The van der Waals surface area contributed by atoms with Gasteiger partial charge in [0.1, 0.15) is 0 Å². The van der Waals surface area contributed by atoms with E-state index in [0.29, 0.717) is 4.75 Å². The van der Waals surface area contributed by atoms with Crippen molar-refractivity contribution >= 4 is 12.6 Å². The van der Waals surface area contributed by atoms with Crippen LogP contribution in [0.5, 0.6) is 0 Å². The minimum Gasteiger partial charge on any atom is -0.172 e. The Labute approximate surface area is 102 Å². The number of rotatable bonds is 3. The molecule has 90 valence electrons. The molecule has 0 aromatic carbocycles. The first kappa shape index (κ1) is 13.4. The van der Waals surface area contributed by atoms with Crippen LogP contribution in [0.1, 0.15) is 78.1 Å². The summed E-state index contributed by atoms with van der Waals surface area (Å²) in [5, 5.41) is 0. The van der Waals surface area contributed by atoms with Gasteiger partial charge in [-0.05, 0) is 31.6 Å². The Morgan fingerprint density at radius 3 is 1.67 bits per heavy atom. The monoisotopic (exact) mass is 228 g/mol. The molecule has 0 bridgehead atoms. The molecule has 0 heterocycles. The van der Waals surface area contributed by atoms with Crippen LogP contribution in [0.15, 0.2) is 0 Å². The summed E-state index contributed by atoms with van der Waals surface area (Å²) in [6, 6.07) is 0. The lowest BCUT2D eigenvalue weighted by Crippen LogP contribution is -2.30. The molecule has 0 radical (unpaired) electrons. The minimum absolute atomic E-state index is 0.324. The van der Waals surface area contributed by atoms with Gasteiger partial charge in [-0.3, -0.25) is 0 Å². The highest BCUT2D eigenvalue weighted by Crippen LogP contribution is 2.39. The third-order valence-electron chi connectivity index (χ3n) is 4.34. The van der Waals surface area contributed by atoms with Gasteiger partial charge in [0.05, 0.1) is 0 Å². The van der Waals surface area contributed by atoms with E-state index in [0.717, 1.165) is 5.92 Å². The van der Waals surface area contributed by atoms with E-state index in [1.165, 1.54) is 64.2 Å². The Balaban J connectivity index is 2.54. The lowest BCUT2D eigenvalue weighted by atomic mass is 9.80. The van der Waals surface area contributed by atoms with Crippen molar-refractivity contribution in [3.63, 3.8) is 0 Å². The Hall–Kier alpha value is 0.350. The second-order valence-electron chi connectivity index (χ2n) is 5.21. The first-order chi connectivity index (χ1) is 7.23.